The van der Waals surface area contributed by atoms with Gasteiger partial charge in [0.1, 0.15) is 11.5 Å². The molecule has 0 unspecified atom stereocenters. The van der Waals surface area contributed by atoms with E-state index in [9.17, 15) is 4.79 Å². The number of benzene rings is 2. The molecule has 0 aliphatic carbocycles. The normalized spacial score (nSPS) is 11.2. The fourth-order valence-electron chi connectivity index (χ4n) is 2.83. The van der Waals surface area contributed by atoms with Crippen molar-refractivity contribution < 1.29 is 9.47 Å². The number of aromatic amines is 1. The highest BCUT2D eigenvalue weighted by Crippen LogP contribution is 2.25. The maximum Gasteiger partial charge on any atom is 0.256 e. The van der Waals surface area contributed by atoms with Gasteiger partial charge in [-0.25, -0.2) is 4.98 Å². The summed E-state index contributed by atoms with van der Waals surface area (Å²) in [4.78, 5) is 23.7. The number of aryl methyl sites for hydroxylation is 1. The van der Waals surface area contributed by atoms with E-state index in [4.69, 9.17) is 15.2 Å². The van der Waals surface area contributed by atoms with Gasteiger partial charge < -0.3 is 20.5 Å². The Hall–Kier alpha value is -3.81. The number of hydrogen-bond acceptors (Lipinski definition) is 5. The van der Waals surface area contributed by atoms with Crippen LogP contribution in [0.2, 0.25) is 0 Å². The molecule has 8 nitrogen and oxygen atoms in total. The van der Waals surface area contributed by atoms with Gasteiger partial charge in [-0.05, 0) is 12.5 Å². The van der Waals surface area contributed by atoms with Gasteiger partial charge in [0.05, 0.1) is 19.9 Å². The first kappa shape index (κ1) is 19.9. The maximum atomic E-state index is 12.5. The molecule has 0 radical (unpaired) electrons. The lowest BCUT2D eigenvalue weighted by Gasteiger charge is -2.10. The molecular weight excluding hydrogens is 370 g/mol. The van der Waals surface area contributed by atoms with E-state index in [1.807, 2.05) is 30.3 Å². The number of nitrogens with one attached hydrogen (secondary N) is 2. The Morgan fingerprint density at radius 2 is 1.79 bits per heavy atom. The molecule has 0 spiro atoms. The Bertz CT molecular complexity index is 1060. The van der Waals surface area contributed by atoms with Gasteiger partial charge in [0, 0.05) is 35.9 Å². The molecule has 2 aromatic carbocycles. The average Bonchev–Trinajstić information content (AvgIpc) is 2.71. The molecule has 29 heavy (non-hydrogen) atoms. The zero-order valence-corrected chi connectivity index (χ0v) is 16.5. The summed E-state index contributed by atoms with van der Waals surface area (Å²) < 4.78 is 10.5. The van der Waals surface area contributed by atoms with Crippen LogP contribution in [0.5, 0.6) is 11.5 Å². The summed E-state index contributed by atoms with van der Waals surface area (Å²) >= 11 is 0. The van der Waals surface area contributed by atoms with E-state index in [1.54, 1.807) is 39.3 Å². The van der Waals surface area contributed by atoms with Crippen molar-refractivity contribution in [3.05, 3.63) is 75.7 Å². The summed E-state index contributed by atoms with van der Waals surface area (Å²) in [5.41, 5.74) is 8.60. The van der Waals surface area contributed by atoms with Crippen LogP contribution in [0.3, 0.4) is 0 Å². The lowest BCUT2D eigenvalue weighted by Crippen LogP contribution is -2.23. The van der Waals surface area contributed by atoms with Crippen molar-refractivity contribution in [2.75, 3.05) is 19.5 Å². The molecule has 3 rings (SSSR count). The minimum Gasteiger partial charge on any atom is -0.497 e. The van der Waals surface area contributed by atoms with Crippen LogP contribution >= 0.6 is 0 Å². The first-order chi connectivity index (χ1) is 14.0. The van der Waals surface area contributed by atoms with Gasteiger partial charge in [-0.15, -0.1) is 0 Å². The second kappa shape index (κ2) is 8.92. The van der Waals surface area contributed by atoms with Crippen molar-refractivity contribution in [2.45, 2.75) is 13.3 Å². The van der Waals surface area contributed by atoms with Crippen LogP contribution in [0.15, 0.2) is 58.3 Å². The second-order valence-electron chi connectivity index (χ2n) is 6.34. The zero-order chi connectivity index (χ0) is 20.8. The molecule has 3 aromatic rings. The Kier molecular flexibility index (Phi) is 6.13. The fourth-order valence-corrected chi connectivity index (χ4v) is 2.83. The summed E-state index contributed by atoms with van der Waals surface area (Å²) in [6.07, 6.45) is 0.496. The van der Waals surface area contributed by atoms with E-state index in [0.717, 1.165) is 5.56 Å². The Labute approximate surface area is 168 Å². The molecule has 1 aromatic heterocycles. The van der Waals surface area contributed by atoms with E-state index in [0.29, 0.717) is 34.9 Å². The van der Waals surface area contributed by atoms with Crippen molar-refractivity contribution in [1.82, 2.24) is 9.97 Å². The van der Waals surface area contributed by atoms with Crippen molar-refractivity contribution in [3.8, 4) is 11.5 Å². The smallest absolute Gasteiger partial charge is 0.256 e. The van der Waals surface area contributed by atoms with E-state index in [-0.39, 0.29) is 17.5 Å². The zero-order valence-electron chi connectivity index (χ0n) is 16.5. The number of rotatable bonds is 6. The molecule has 0 fully saturated rings. The van der Waals surface area contributed by atoms with Crippen molar-refractivity contribution in [1.29, 1.82) is 0 Å². The maximum absolute atomic E-state index is 12.5. The number of aromatic nitrogens is 2. The van der Waals surface area contributed by atoms with Gasteiger partial charge in [-0.3, -0.25) is 9.78 Å². The van der Waals surface area contributed by atoms with Gasteiger partial charge in [0.2, 0.25) is 11.9 Å². The quantitative estimate of drug-likeness (QED) is 0.438. The highest BCUT2D eigenvalue weighted by atomic mass is 16.5. The summed E-state index contributed by atoms with van der Waals surface area (Å²) in [7, 11) is 3.12. The molecule has 0 atom stereocenters. The topological polar surface area (TPSA) is 115 Å². The molecule has 0 aliphatic heterocycles. The highest BCUT2D eigenvalue weighted by Gasteiger charge is 2.10. The summed E-state index contributed by atoms with van der Waals surface area (Å²) in [5, 5.41) is 2.94. The number of anilines is 1. The third-order valence-corrected chi connectivity index (χ3v) is 4.28. The van der Waals surface area contributed by atoms with Crippen LogP contribution in [-0.2, 0) is 6.42 Å². The lowest BCUT2D eigenvalue weighted by atomic mass is 10.1. The molecule has 0 bridgehead atoms. The largest absolute Gasteiger partial charge is 0.497 e. The first-order valence-corrected chi connectivity index (χ1v) is 8.96. The van der Waals surface area contributed by atoms with Crippen LogP contribution < -0.4 is 26.1 Å². The number of nitrogens with two attached hydrogens (primary N) is 1. The number of methoxy groups -OCH3 is 2. The van der Waals surface area contributed by atoms with E-state index < -0.39 is 0 Å². The third-order valence-electron chi connectivity index (χ3n) is 4.28. The predicted octanol–water partition coefficient (Wildman–Crippen LogP) is 2.74. The molecule has 0 saturated carbocycles. The summed E-state index contributed by atoms with van der Waals surface area (Å²) in [5.74, 6) is 1.41. The minimum atomic E-state index is -0.240. The second-order valence-corrected chi connectivity index (χ2v) is 6.34. The van der Waals surface area contributed by atoms with Crippen LogP contribution in [0.1, 0.15) is 16.8 Å². The van der Waals surface area contributed by atoms with Gasteiger partial charge >= 0.3 is 0 Å². The number of guanidine groups is 1. The Balaban J connectivity index is 1.82. The number of hydrogen-bond donors (Lipinski definition) is 3. The van der Waals surface area contributed by atoms with E-state index in [2.05, 4.69) is 20.3 Å². The molecular formula is C21H23N5O3. The van der Waals surface area contributed by atoms with Gasteiger partial charge in [-0.1, -0.05) is 30.3 Å². The Morgan fingerprint density at radius 3 is 2.38 bits per heavy atom. The molecule has 8 heteroatoms. The number of ether oxygens (including phenoxy) is 2. The van der Waals surface area contributed by atoms with E-state index >= 15 is 0 Å². The number of aliphatic imine (C=N–C) groups is 1. The minimum absolute atomic E-state index is 0.0682. The van der Waals surface area contributed by atoms with E-state index in [1.165, 1.54) is 0 Å². The van der Waals surface area contributed by atoms with Crippen molar-refractivity contribution in [2.24, 2.45) is 10.7 Å². The molecule has 0 aliphatic rings. The van der Waals surface area contributed by atoms with Gasteiger partial charge in [-0.2, -0.15) is 4.99 Å². The third kappa shape index (κ3) is 5.13. The molecule has 150 valence electrons. The van der Waals surface area contributed by atoms with Crippen molar-refractivity contribution in [3.63, 3.8) is 0 Å². The average molecular weight is 393 g/mol. The van der Waals surface area contributed by atoms with Crippen LogP contribution in [0, 0.1) is 6.92 Å². The number of nitrogens with zero attached hydrogens (tertiary/aromatic N) is 2. The monoisotopic (exact) mass is 393 g/mol. The van der Waals surface area contributed by atoms with Crippen molar-refractivity contribution >= 4 is 17.6 Å². The van der Waals surface area contributed by atoms with Gasteiger partial charge in [0.15, 0.2) is 0 Å². The molecule has 0 amide bonds. The highest BCUT2D eigenvalue weighted by molar-refractivity contribution is 5.93. The standard InChI is InChI=1S/C21H23N5O3/c1-13-18(9-14-7-5-4-6-8-14)19(27)25-21(23-13)26-20(22)24-15-10-16(28-2)12-17(11-15)29-3/h4-8,10-12H,9H2,1-3H3,(H4,22,23,24,25,26,27). The lowest BCUT2D eigenvalue weighted by molar-refractivity contribution is 0.395. The molecule has 4 N–H and O–H groups in total. The van der Waals surface area contributed by atoms with Crippen LogP contribution in [0.4, 0.5) is 11.6 Å². The fraction of sp³-hybridized carbons (Fsp3) is 0.190. The molecule has 0 saturated heterocycles. The molecule has 1 heterocycles. The SMILES string of the molecule is COc1cc(N/C(N)=N/c2nc(C)c(Cc3ccccc3)c(=O)[nH]2)cc(OC)c1. The first-order valence-electron chi connectivity index (χ1n) is 8.96. The summed E-state index contributed by atoms with van der Waals surface area (Å²) in [6.45, 7) is 1.78. The Morgan fingerprint density at radius 1 is 1.14 bits per heavy atom. The van der Waals surface area contributed by atoms with Crippen LogP contribution in [-0.4, -0.2) is 30.1 Å². The number of H-pyrrole nitrogens is 1. The summed E-state index contributed by atoms with van der Waals surface area (Å²) in [6, 6.07) is 15.0. The van der Waals surface area contributed by atoms with Gasteiger partial charge in [0.25, 0.3) is 5.56 Å². The van der Waals surface area contributed by atoms with Crippen LogP contribution in [0.25, 0.3) is 0 Å². The predicted molar refractivity (Wildman–Crippen MR) is 113 cm³/mol.